The topological polar surface area (TPSA) is 92.5 Å². The third-order valence-electron chi connectivity index (χ3n) is 5.73. The number of hydrogen-bond donors (Lipinski definition) is 2. The van der Waals surface area contributed by atoms with E-state index in [2.05, 4.69) is 5.32 Å². The number of carbonyl (C=O) groups is 1. The number of allylic oxidation sites excluding steroid dienone is 2. The van der Waals surface area contributed by atoms with Gasteiger partial charge >= 0.3 is 0 Å². The van der Waals surface area contributed by atoms with Crippen LogP contribution >= 0.6 is 21.0 Å². The maximum Gasteiger partial charge on any atom is 0.283 e. The Kier molecular flexibility index (Phi) is 9.27. The predicted molar refractivity (Wildman–Crippen MR) is 140 cm³/mol. The molecule has 3 N–H and O–H groups in total. The molecule has 2 unspecified atom stereocenters. The molecule has 0 saturated carbocycles. The van der Waals surface area contributed by atoms with E-state index in [1.54, 1.807) is 6.92 Å². The van der Waals surface area contributed by atoms with Gasteiger partial charge in [-0.15, -0.1) is 11.8 Å². The molecular formula is C24H29F3N3O3PS2. The van der Waals surface area contributed by atoms with Crippen molar-refractivity contribution in [2.24, 2.45) is 5.73 Å². The summed E-state index contributed by atoms with van der Waals surface area (Å²) < 4.78 is 68.2. The molecule has 0 spiro atoms. The normalized spacial score (nSPS) is 17.5. The average molecular weight is 560 g/mol. The summed E-state index contributed by atoms with van der Waals surface area (Å²) in [6.07, 6.45) is 1.00. The van der Waals surface area contributed by atoms with Crippen molar-refractivity contribution in [3.8, 4) is 0 Å². The number of sulfonamides is 1. The average Bonchev–Trinajstić information content (AvgIpc) is 2.82. The first-order chi connectivity index (χ1) is 16.8. The standard InChI is InChI=1S/C24H29F3N3O3PS2/c1-15(28)23(22(31)17-5-3-7-19(25)13-17)35-16(2)29-20-9-11-30(12-10-20)36(32,33)21-8-4-6-18(14-21)24(26,27)34/h3-8,13-14,16,20,29H,9-12,28,34H2,1-2H3/b23-15+. The zero-order valence-electron chi connectivity index (χ0n) is 19.9. The van der Waals surface area contributed by atoms with Gasteiger partial charge in [-0.05, 0) is 51.0 Å². The molecule has 0 aliphatic carbocycles. The highest BCUT2D eigenvalue weighted by molar-refractivity contribution is 8.04. The van der Waals surface area contributed by atoms with E-state index in [1.807, 2.05) is 6.92 Å². The number of nitrogens with zero attached hydrogens (tertiary/aromatic N) is 1. The minimum Gasteiger partial charge on any atom is -0.401 e. The number of piperidine rings is 1. The van der Waals surface area contributed by atoms with Gasteiger partial charge in [0.25, 0.3) is 5.66 Å². The van der Waals surface area contributed by atoms with E-state index in [9.17, 15) is 26.4 Å². The Bertz CT molecular complexity index is 1240. The summed E-state index contributed by atoms with van der Waals surface area (Å²) >= 11 is 1.23. The van der Waals surface area contributed by atoms with Crippen molar-refractivity contribution in [2.75, 3.05) is 13.1 Å². The van der Waals surface area contributed by atoms with Gasteiger partial charge in [-0.25, -0.2) is 12.8 Å². The Labute approximate surface area is 216 Å². The third kappa shape index (κ3) is 7.10. The van der Waals surface area contributed by atoms with Crippen molar-refractivity contribution in [3.05, 3.63) is 76.1 Å². The minimum absolute atomic E-state index is 0.0229. The van der Waals surface area contributed by atoms with E-state index in [1.165, 1.54) is 61.7 Å². The lowest BCUT2D eigenvalue weighted by Crippen LogP contribution is -2.46. The van der Waals surface area contributed by atoms with E-state index in [0.717, 1.165) is 12.1 Å². The first kappa shape index (κ1) is 28.7. The Morgan fingerprint density at radius 1 is 1.19 bits per heavy atom. The minimum atomic E-state index is -3.91. The molecule has 12 heteroatoms. The fraction of sp³-hybridized carbons (Fsp3) is 0.375. The summed E-state index contributed by atoms with van der Waals surface area (Å²) in [6, 6.07) is 10.2. The molecule has 2 aromatic rings. The number of thioether (sulfide) groups is 1. The molecule has 3 rings (SSSR count). The van der Waals surface area contributed by atoms with Crippen LogP contribution in [0.3, 0.4) is 0 Å². The molecule has 36 heavy (non-hydrogen) atoms. The molecule has 2 atom stereocenters. The number of nitrogens with one attached hydrogen (secondary N) is 1. The van der Waals surface area contributed by atoms with Crippen LogP contribution in [-0.4, -0.2) is 43.0 Å². The van der Waals surface area contributed by atoms with Crippen molar-refractivity contribution in [2.45, 2.75) is 48.7 Å². The monoisotopic (exact) mass is 559 g/mol. The maximum atomic E-state index is 13.6. The van der Waals surface area contributed by atoms with Crippen LogP contribution in [0.2, 0.25) is 0 Å². The maximum absolute atomic E-state index is 13.6. The quantitative estimate of drug-likeness (QED) is 0.201. The molecule has 0 bridgehead atoms. The van der Waals surface area contributed by atoms with E-state index in [-0.39, 0.29) is 46.3 Å². The van der Waals surface area contributed by atoms with E-state index >= 15 is 0 Å². The summed E-state index contributed by atoms with van der Waals surface area (Å²) in [4.78, 5) is 13.0. The number of rotatable bonds is 9. The first-order valence-electron chi connectivity index (χ1n) is 11.3. The lowest BCUT2D eigenvalue weighted by Gasteiger charge is -2.33. The van der Waals surface area contributed by atoms with Crippen LogP contribution in [0.4, 0.5) is 13.2 Å². The van der Waals surface area contributed by atoms with Gasteiger partial charge in [-0.1, -0.05) is 33.5 Å². The number of alkyl halides is 2. The van der Waals surface area contributed by atoms with Crippen LogP contribution in [0.1, 0.15) is 42.6 Å². The number of halogens is 3. The Hall–Kier alpha value is -1.91. The molecule has 6 nitrogen and oxygen atoms in total. The Morgan fingerprint density at radius 2 is 1.83 bits per heavy atom. The Morgan fingerprint density at radius 3 is 2.42 bits per heavy atom. The van der Waals surface area contributed by atoms with Crippen molar-refractivity contribution in [1.29, 1.82) is 0 Å². The summed E-state index contributed by atoms with van der Waals surface area (Å²) in [5.74, 6) is -0.880. The second kappa shape index (κ2) is 11.6. The van der Waals surface area contributed by atoms with Crippen LogP contribution in [0.25, 0.3) is 0 Å². The molecular weight excluding hydrogens is 530 g/mol. The highest BCUT2D eigenvalue weighted by Gasteiger charge is 2.32. The fourth-order valence-corrected chi connectivity index (χ4v) is 6.63. The highest BCUT2D eigenvalue weighted by Crippen LogP contribution is 2.36. The molecule has 0 amide bonds. The molecule has 1 aliphatic heterocycles. The van der Waals surface area contributed by atoms with Gasteiger partial charge in [0, 0.05) is 36.0 Å². The van der Waals surface area contributed by atoms with Crippen molar-refractivity contribution < 1.29 is 26.4 Å². The molecule has 1 aliphatic rings. The van der Waals surface area contributed by atoms with Crippen LogP contribution in [0.5, 0.6) is 0 Å². The molecule has 1 saturated heterocycles. The number of hydrogen-bond acceptors (Lipinski definition) is 6. The van der Waals surface area contributed by atoms with E-state index < -0.39 is 21.5 Å². The number of carbonyl (C=O) groups excluding carboxylic acids is 1. The van der Waals surface area contributed by atoms with Crippen molar-refractivity contribution in [1.82, 2.24) is 9.62 Å². The van der Waals surface area contributed by atoms with E-state index in [4.69, 9.17) is 5.73 Å². The highest BCUT2D eigenvalue weighted by atomic mass is 32.2. The molecule has 1 heterocycles. The number of nitrogens with two attached hydrogens (primary N) is 1. The number of ketones is 1. The molecule has 196 valence electrons. The van der Waals surface area contributed by atoms with Crippen molar-refractivity contribution in [3.63, 3.8) is 0 Å². The van der Waals surface area contributed by atoms with Gasteiger partial charge < -0.3 is 11.1 Å². The van der Waals surface area contributed by atoms with Crippen LogP contribution in [-0.2, 0) is 15.7 Å². The summed E-state index contributed by atoms with van der Waals surface area (Å²) in [5.41, 5.74) is 2.87. The van der Waals surface area contributed by atoms with Crippen LogP contribution < -0.4 is 11.1 Å². The van der Waals surface area contributed by atoms with Gasteiger partial charge in [0.2, 0.25) is 15.8 Å². The van der Waals surface area contributed by atoms with E-state index in [0.29, 0.717) is 23.4 Å². The first-order valence-corrected chi connectivity index (χ1v) is 14.2. The van der Waals surface area contributed by atoms with Crippen molar-refractivity contribution >= 4 is 36.8 Å². The van der Waals surface area contributed by atoms with Gasteiger partial charge in [-0.2, -0.15) is 13.1 Å². The number of Topliss-reactive ketones (excluding diaryl/α,β-unsaturated/α-hetero) is 1. The second-order valence-electron chi connectivity index (χ2n) is 8.61. The van der Waals surface area contributed by atoms with Crippen LogP contribution in [0.15, 0.2) is 64.0 Å². The largest absolute Gasteiger partial charge is 0.401 e. The fourth-order valence-electron chi connectivity index (χ4n) is 3.90. The van der Waals surface area contributed by atoms with Gasteiger partial charge in [0.15, 0.2) is 0 Å². The SMILES string of the molecule is C/C(N)=C(\SC(C)NC1CCN(S(=O)(=O)c2cccc(C(F)(F)P)c2)CC1)C(=O)c1cccc(F)c1. The molecule has 0 aromatic heterocycles. The Balaban J connectivity index is 1.61. The molecule has 1 fully saturated rings. The lowest BCUT2D eigenvalue weighted by molar-refractivity contribution is 0.103. The van der Waals surface area contributed by atoms with Gasteiger partial charge in [-0.3, -0.25) is 4.79 Å². The summed E-state index contributed by atoms with van der Waals surface area (Å²) in [6.45, 7) is 3.92. The lowest BCUT2D eigenvalue weighted by atomic mass is 10.1. The third-order valence-corrected chi connectivity index (χ3v) is 9.19. The van der Waals surface area contributed by atoms with Gasteiger partial charge in [0.05, 0.1) is 15.2 Å². The van der Waals surface area contributed by atoms with Crippen LogP contribution in [0, 0.1) is 5.82 Å². The predicted octanol–water partition coefficient (Wildman–Crippen LogP) is 4.65. The summed E-state index contributed by atoms with van der Waals surface area (Å²) in [7, 11) is -2.50. The second-order valence-corrected chi connectivity index (χ2v) is 12.6. The summed E-state index contributed by atoms with van der Waals surface area (Å²) in [5, 5.41) is 3.15. The smallest absolute Gasteiger partial charge is 0.283 e. The zero-order valence-corrected chi connectivity index (χ0v) is 22.7. The molecule has 0 radical (unpaired) electrons. The zero-order chi connectivity index (χ0) is 26.7. The molecule has 2 aromatic carbocycles. The number of benzene rings is 2. The van der Waals surface area contributed by atoms with Gasteiger partial charge in [0.1, 0.15) is 5.82 Å².